The lowest BCUT2D eigenvalue weighted by atomic mass is 9.95. The molecule has 0 saturated carbocycles. The number of fused-ring (bicyclic) bond motifs is 1. The SMILES string of the molecule is COCCCN1C(=O)c2[nH]nc(-c3ccc(C)cc3)c2C1c1cc(OC)c(O)c(OC)c1. The van der Waals surface area contributed by atoms with Crippen LogP contribution in [0.15, 0.2) is 36.4 Å². The third kappa shape index (κ3) is 3.67. The molecule has 0 fully saturated rings. The van der Waals surface area contributed by atoms with E-state index in [1.165, 1.54) is 14.2 Å². The zero-order valence-corrected chi connectivity index (χ0v) is 18.6. The Bertz CT molecular complexity index is 1100. The first kappa shape index (κ1) is 21.7. The van der Waals surface area contributed by atoms with Crippen molar-refractivity contribution in [1.29, 1.82) is 0 Å². The third-order valence-electron chi connectivity index (χ3n) is 5.75. The van der Waals surface area contributed by atoms with E-state index >= 15 is 0 Å². The van der Waals surface area contributed by atoms with Crippen molar-refractivity contribution in [3.05, 3.63) is 58.8 Å². The van der Waals surface area contributed by atoms with Crippen LogP contribution in [0.2, 0.25) is 0 Å². The molecule has 0 spiro atoms. The van der Waals surface area contributed by atoms with Gasteiger partial charge in [-0.15, -0.1) is 0 Å². The first-order valence-corrected chi connectivity index (χ1v) is 10.4. The minimum absolute atomic E-state index is 0.0832. The Morgan fingerprint density at radius 2 is 1.75 bits per heavy atom. The number of aromatic nitrogens is 2. The average molecular weight is 437 g/mol. The Balaban J connectivity index is 1.88. The van der Waals surface area contributed by atoms with Gasteiger partial charge in [-0.05, 0) is 31.0 Å². The zero-order valence-electron chi connectivity index (χ0n) is 18.6. The molecule has 32 heavy (non-hydrogen) atoms. The number of aromatic hydroxyl groups is 1. The van der Waals surface area contributed by atoms with E-state index in [4.69, 9.17) is 14.2 Å². The molecule has 1 atom stereocenters. The van der Waals surface area contributed by atoms with Gasteiger partial charge in [-0.2, -0.15) is 5.10 Å². The van der Waals surface area contributed by atoms with Crippen LogP contribution in [0.1, 0.15) is 39.6 Å². The van der Waals surface area contributed by atoms with Crippen molar-refractivity contribution in [2.45, 2.75) is 19.4 Å². The van der Waals surface area contributed by atoms with Crippen LogP contribution in [0, 0.1) is 6.92 Å². The number of benzene rings is 2. The number of carbonyl (C=O) groups excluding carboxylic acids is 1. The van der Waals surface area contributed by atoms with Crippen LogP contribution in [0.25, 0.3) is 11.3 Å². The number of nitrogens with zero attached hydrogens (tertiary/aromatic N) is 2. The smallest absolute Gasteiger partial charge is 0.273 e. The molecule has 0 radical (unpaired) electrons. The van der Waals surface area contributed by atoms with Gasteiger partial charge in [-0.1, -0.05) is 29.8 Å². The number of ether oxygens (including phenoxy) is 3. The molecule has 1 aromatic heterocycles. The van der Waals surface area contributed by atoms with E-state index in [9.17, 15) is 9.90 Å². The van der Waals surface area contributed by atoms with Gasteiger partial charge in [0, 0.05) is 31.4 Å². The van der Waals surface area contributed by atoms with Crippen molar-refractivity contribution in [2.24, 2.45) is 0 Å². The first-order valence-electron chi connectivity index (χ1n) is 10.4. The van der Waals surface area contributed by atoms with Gasteiger partial charge in [0.1, 0.15) is 5.69 Å². The van der Waals surface area contributed by atoms with Gasteiger partial charge < -0.3 is 24.2 Å². The molecule has 2 heterocycles. The second-order valence-electron chi connectivity index (χ2n) is 7.75. The molecule has 1 aliphatic rings. The lowest BCUT2D eigenvalue weighted by Crippen LogP contribution is -2.31. The van der Waals surface area contributed by atoms with Crippen molar-refractivity contribution >= 4 is 5.91 Å². The monoisotopic (exact) mass is 437 g/mol. The highest BCUT2D eigenvalue weighted by atomic mass is 16.5. The summed E-state index contributed by atoms with van der Waals surface area (Å²) in [4.78, 5) is 15.1. The average Bonchev–Trinajstić information content (AvgIpc) is 3.34. The first-order chi connectivity index (χ1) is 15.5. The van der Waals surface area contributed by atoms with Crippen LogP contribution >= 0.6 is 0 Å². The molecule has 8 heteroatoms. The molecule has 1 aliphatic heterocycles. The summed E-state index contributed by atoms with van der Waals surface area (Å²) in [7, 11) is 4.60. The minimum Gasteiger partial charge on any atom is -0.502 e. The second kappa shape index (κ2) is 8.92. The lowest BCUT2D eigenvalue weighted by molar-refractivity contribution is 0.0723. The number of phenolic OH excluding ortho intramolecular Hbond substituents is 1. The Hall–Kier alpha value is -3.52. The van der Waals surface area contributed by atoms with E-state index in [2.05, 4.69) is 10.2 Å². The van der Waals surface area contributed by atoms with Gasteiger partial charge in [0.2, 0.25) is 5.75 Å². The number of aromatic amines is 1. The van der Waals surface area contributed by atoms with Crippen molar-refractivity contribution in [3.8, 4) is 28.5 Å². The second-order valence-corrected chi connectivity index (χ2v) is 7.75. The molecule has 2 N–H and O–H groups in total. The van der Waals surface area contributed by atoms with E-state index in [0.717, 1.165) is 27.9 Å². The van der Waals surface area contributed by atoms with Gasteiger partial charge in [0.15, 0.2) is 11.5 Å². The maximum atomic E-state index is 13.4. The fourth-order valence-corrected chi connectivity index (χ4v) is 4.16. The number of nitrogens with one attached hydrogen (secondary N) is 1. The summed E-state index contributed by atoms with van der Waals surface area (Å²) in [5.74, 6) is 0.341. The van der Waals surface area contributed by atoms with Crippen molar-refractivity contribution < 1.29 is 24.1 Å². The molecule has 1 amide bonds. The van der Waals surface area contributed by atoms with Gasteiger partial charge in [0.05, 0.1) is 26.0 Å². The summed E-state index contributed by atoms with van der Waals surface area (Å²) in [5, 5.41) is 17.8. The maximum absolute atomic E-state index is 13.4. The van der Waals surface area contributed by atoms with Crippen LogP contribution < -0.4 is 9.47 Å². The predicted octanol–water partition coefficient (Wildman–Crippen LogP) is 3.69. The summed E-state index contributed by atoms with van der Waals surface area (Å²) in [5.41, 5.74) is 4.81. The highest BCUT2D eigenvalue weighted by Crippen LogP contribution is 2.47. The van der Waals surface area contributed by atoms with E-state index in [0.29, 0.717) is 25.3 Å². The van der Waals surface area contributed by atoms with E-state index in [1.807, 2.05) is 31.2 Å². The Morgan fingerprint density at radius 1 is 1.09 bits per heavy atom. The molecular weight excluding hydrogens is 410 g/mol. The normalized spacial score (nSPS) is 15.2. The highest BCUT2D eigenvalue weighted by Gasteiger charge is 2.42. The van der Waals surface area contributed by atoms with Crippen LogP contribution in [0.5, 0.6) is 17.2 Å². The number of carbonyl (C=O) groups is 1. The Kier molecular flexibility index (Phi) is 6.05. The molecule has 0 saturated heterocycles. The number of methoxy groups -OCH3 is 3. The van der Waals surface area contributed by atoms with E-state index in [-0.39, 0.29) is 23.2 Å². The minimum atomic E-state index is -0.423. The Morgan fingerprint density at radius 3 is 2.34 bits per heavy atom. The lowest BCUT2D eigenvalue weighted by Gasteiger charge is -2.27. The number of H-pyrrole nitrogens is 1. The molecule has 1 unspecified atom stereocenters. The van der Waals surface area contributed by atoms with E-state index in [1.54, 1.807) is 24.1 Å². The van der Waals surface area contributed by atoms with Crippen molar-refractivity contribution in [1.82, 2.24) is 15.1 Å². The largest absolute Gasteiger partial charge is 0.502 e. The number of hydrogen-bond donors (Lipinski definition) is 2. The molecular formula is C24H27N3O5. The fourth-order valence-electron chi connectivity index (χ4n) is 4.16. The van der Waals surface area contributed by atoms with Crippen LogP contribution in [0.4, 0.5) is 0 Å². The molecule has 168 valence electrons. The summed E-state index contributed by atoms with van der Waals surface area (Å²) >= 11 is 0. The number of rotatable bonds is 8. The Labute approximate surface area is 186 Å². The highest BCUT2D eigenvalue weighted by molar-refractivity contribution is 6.00. The topological polar surface area (TPSA) is 96.9 Å². The summed E-state index contributed by atoms with van der Waals surface area (Å²) < 4.78 is 15.9. The van der Waals surface area contributed by atoms with Crippen LogP contribution in [-0.4, -0.2) is 60.6 Å². The predicted molar refractivity (Wildman–Crippen MR) is 119 cm³/mol. The van der Waals surface area contributed by atoms with Crippen LogP contribution in [-0.2, 0) is 4.74 Å². The zero-order chi connectivity index (χ0) is 22.8. The number of amides is 1. The maximum Gasteiger partial charge on any atom is 0.273 e. The molecule has 2 aromatic carbocycles. The number of aryl methyl sites for hydroxylation is 1. The molecule has 0 aliphatic carbocycles. The third-order valence-corrected chi connectivity index (χ3v) is 5.75. The standard InChI is InChI=1S/C24H27N3O5/c1-14-6-8-15(9-7-14)20-19-21(26-25-20)24(29)27(10-5-11-30-2)22(19)16-12-17(31-3)23(28)18(13-16)32-4/h6-9,12-13,22,28H,5,10-11H2,1-4H3,(H,25,26). The van der Waals surface area contributed by atoms with Crippen LogP contribution in [0.3, 0.4) is 0 Å². The number of phenols is 1. The quantitative estimate of drug-likeness (QED) is 0.522. The van der Waals surface area contributed by atoms with Gasteiger partial charge in [-0.25, -0.2) is 0 Å². The fraction of sp³-hybridized carbons (Fsp3) is 0.333. The van der Waals surface area contributed by atoms with Gasteiger partial charge in [0.25, 0.3) is 5.91 Å². The summed E-state index contributed by atoms with van der Waals surface area (Å²) in [6.07, 6.45) is 0.683. The molecule has 4 rings (SSSR count). The molecule has 3 aromatic rings. The molecule has 0 bridgehead atoms. The van der Waals surface area contributed by atoms with Gasteiger partial charge >= 0.3 is 0 Å². The number of hydrogen-bond acceptors (Lipinski definition) is 6. The van der Waals surface area contributed by atoms with Crippen molar-refractivity contribution in [2.75, 3.05) is 34.5 Å². The summed E-state index contributed by atoms with van der Waals surface area (Å²) in [6, 6.07) is 11.1. The van der Waals surface area contributed by atoms with E-state index < -0.39 is 6.04 Å². The van der Waals surface area contributed by atoms with Gasteiger partial charge in [-0.3, -0.25) is 9.89 Å². The summed E-state index contributed by atoms with van der Waals surface area (Å²) in [6.45, 7) is 3.06. The van der Waals surface area contributed by atoms with Crippen molar-refractivity contribution in [3.63, 3.8) is 0 Å². The molecule has 8 nitrogen and oxygen atoms in total.